The van der Waals surface area contributed by atoms with Crippen molar-refractivity contribution in [2.75, 3.05) is 0 Å². The van der Waals surface area contributed by atoms with Crippen LogP contribution in [0.1, 0.15) is 61.9 Å². The van der Waals surface area contributed by atoms with Gasteiger partial charge in [0.15, 0.2) is 11.4 Å². The molecule has 0 bridgehead atoms. The van der Waals surface area contributed by atoms with Crippen LogP contribution in [0.15, 0.2) is 53.2 Å². The van der Waals surface area contributed by atoms with Gasteiger partial charge in [-0.1, -0.05) is 46.6 Å². The lowest BCUT2D eigenvalue weighted by atomic mass is 9.98. The quantitative estimate of drug-likeness (QED) is 0.312. The van der Waals surface area contributed by atoms with E-state index in [1.807, 2.05) is 0 Å². The number of rotatable bonds is 5. The third-order valence-corrected chi connectivity index (χ3v) is 5.85. The van der Waals surface area contributed by atoms with Gasteiger partial charge in [-0.05, 0) is 83.0 Å². The van der Waals surface area contributed by atoms with E-state index in [4.69, 9.17) is 27.7 Å². The summed E-state index contributed by atoms with van der Waals surface area (Å²) in [6, 6.07) is 9.77. The van der Waals surface area contributed by atoms with E-state index in [1.165, 1.54) is 30.6 Å². The first-order valence-electron chi connectivity index (χ1n) is 12.0. The van der Waals surface area contributed by atoms with E-state index in [1.54, 1.807) is 43.5 Å². The smallest absolute Gasteiger partial charge is 0.268 e. The molecule has 0 saturated heterocycles. The van der Waals surface area contributed by atoms with Crippen LogP contribution in [0, 0.1) is 6.92 Å². The number of hydrogen-bond donors (Lipinski definition) is 1. The number of aliphatic carboxylic acids is 1. The molecule has 3 N–H and O–H groups in total. The molecule has 4 aromatic rings. The van der Waals surface area contributed by atoms with Crippen LogP contribution in [0.4, 0.5) is 4.39 Å². The molecule has 39 heavy (non-hydrogen) atoms. The van der Waals surface area contributed by atoms with Crippen molar-refractivity contribution in [3.05, 3.63) is 81.2 Å². The Labute approximate surface area is 236 Å². The first-order chi connectivity index (χ1) is 18.0. The van der Waals surface area contributed by atoms with Crippen LogP contribution in [0.3, 0.4) is 0 Å². The molecule has 206 valence electrons. The number of nitrogens with zero attached hydrogens (tertiary/aromatic N) is 2. The fourth-order valence-corrected chi connectivity index (χ4v) is 4.36. The van der Waals surface area contributed by atoms with Crippen molar-refractivity contribution >= 4 is 52.1 Å². The standard InChI is InChI=1S/C25H19Cl2FN2O4.C4H11N/c1-13-12-30(18-6-4-5-14(20(13)18)7-10-19(31)32)24(33)21-22(29-34-23(21)25(2,3)28)16-9-8-15(26)11-17(16)27;1-4(2,3)5/h4-12H,1-3H3,(H,31,32);5H2,1-3H3/b10-7+;. The first kappa shape index (κ1) is 30.1. The number of aryl methyl sites for hydroxylation is 1. The number of carboxylic acids is 1. The summed E-state index contributed by atoms with van der Waals surface area (Å²) in [5.74, 6) is -2.16. The highest BCUT2D eigenvalue weighted by atomic mass is 35.5. The largest absolute Gasteiger partial charge is 0.545 e. The Bertz CT molecular complexity index is 1570. The third kappa shape index (κ3) is 7.15. The van der Waals surface area contributed by atoms with Gasteiger partial charge in [-0.25, -0.2) is 4.39 Å². The summed E-state index contributed by atoms with van der Waals surface area (Å²) in [6.07, 6.45) is 3.91. The van der Waals surface area contributed by atoms with Crippen molar-refractivity contribution in [3.63, 3.8) is 0 Å². The molecular formula is C29H30Cl2FN3O4. The molecular weight excluding hydrogens is 544 g/mol. The Morgan fingerprint density at radius 2 is 1.77 bits per heavy atom. The zero-order valence-electron chi connectivity index (χ0n) is 22.6. The van der Waals surface area contributed by atoms with Crippen LogP contribution in [0.2, 0.25) is 10.0 Å². The summed E-state index contributed by atoms with van der Waals surface area (Å²) >= 11 is 12.4. The van der Waals surface area contributed by atoms with E-state index in [0.29, 0.717) is 32.6 Å². The molecule has 10 heteroatoms. The van der Waals surface area contributed by atoms with Crippen molar-refractivity contribution in [2.24, 2.45) is 0 Å². The molecule has 0 spiro atoms. The minimum Gasteiger partial charge on any atom is -0.545 e. The normalized spacial score (nSPS) is 12.1. The summed E-state index contributed by atoms with van der Waals surface area (Å²) in [5, 5.41) is 16.1. The van der Waals surface area contributed by atoms with E-state index in [9.17, 15) is 14.7 Å². The summed E-state index contributed by atoms with van der Waals surface area (Å²) in [6.45, 7) is 10.5. The van der Waals surface area contributed by atoms with E-state index in [2.05, 4.69) is 31.7 Å². The predicted molar refractivity (Wildman–Crippen MR) is 149 cm³/mol. The molecule has 0 atom stereocenters. The number of halogens is 3. The van der Waals surface area contributed by atoms with Crippen LogP contribution in [0.5, 0.6) is 0 Å². The van der Waals surface area contributed by atoms with Gasteiger partial charge in [0.2, 0.25) is 0 Å². The molecule has 7 nitrogen and oxygen atoms in total. The molecule has 0 aliphatic rings. The SMILES string of the molecule is CC(C)(C)[NH3+].Cc1cn(C(=O)c2c(-c3ccc(Cl)cc3Cl)noc2C(C)(C)F)c2cccc(/C=C/C(=O)[O-])c12. The molecule has 2 heterocycles. The summed E-state index contributed by atoms with van der Waals surface area (Å²) in [7, 11) is 0. The average Bonchev–Trinajstić information content (AvgIpc) is 3.38. The topological polar surface area (TPSA) is 116 Å². The Morgan fingerprint density at radius 3 is 2.33 bits per heavy atom. The number of carboxylic acid groups (broad SMARTS) is 1. The van der Waals surface area contributed by atoms with Gasteiger partial charge in [0.05, 0.1) is 22.0 Å². The zero-order chi connectivity index (χ0) is 29.3. The van der Waals surface area contributed by atoms with Gasteiger partial charge in [0, 0.05) is 22.2 Å². The third-order valence-electron chi connectivity index (χ3n) is 5.30. The summed E-state index contributed by atoms with van der Waals surface area (Å²) in [5.41, 5.74) is 4.17. The lowest BCUT2D eigenvalue weighted by molar-refractivity contribution is -0.458. The van der Waals surface area contributed by atoms with Crippen LogP contribution >= 0.6 is 23.2 Å². The molecule has 2 aromatic heterocycles. The average molecular weight is 574 g/mol. The van der Waals surface area contributed by atoms with Crippen LogP contribution < -0.4 is 10.8 Å². The van der Waals surface area contributed by atoms with Gasteiger partial charge >= 0.3 is 0 Å². The lowest BCUT2D eigenvalue weighted by Crippen LogP contribution is -2.67. The highest BCUT2D eigenvalue weighted by Crippen LogP contribution is 2.39. The molecule has 0 aliphatic heterocycles. The monoisotopic (exact) mass is 573 g/mol. The van der Waals surface area contributed by atoms with Crippen molar-refractivity contribution < 1.29 is 29.3 Å². The number of hydrogen-bond acceptors (Lipinski definition) is 5. The van der Waals surface area contributed by atoms with Gasteiger partial charge in [-0.2, -0.15) is 0 Å². The molecule has 0 unspecified atom stereocenters. The number of fused-ring (bicyclic) bond motifs is 1. The molecule has 0 fully saturated rings. The van der Waals surface area contributed by atoms with Gasteiger partial charge in [-0.3, -0.25) is 9.36 Å². The second-order valence-electron chi connectivity index (χ2n) is 10.8. The second kappa shape index (κ2) is 11.3. The van der Waals surface area contributed by atoms with Crippen molar-refractivity contribution in [3.8, 4) is 11.3 Å². The van der Waals surface area contributed by atoms with Gasteiger partial charge in [-0.15, -0.1) is 0 Å². The van der Waals surface area contributed by atoms with Crippen molar-refractivity contribution in [1.82, 2.24) is 9.72 Å². The minimum absolute atomic E-state index is 0.0793. The van der Waals surface area contributed by atoms with Gasteiger partial charge in [0.1, 0.15) is 11.3 Å². The minimum atomic E-state index is -2.02. The molecule has 0 saturated carbocycles. The molecule has 0 radical (unpaired) electrons. The fourth-order valence-electron chi connectivity index (χ4n) is 3.86. The van der Waals surface area contributed by atoms with Gasteiger partial charge < -0.3 is 20.2 Å². The van der Waals surface area contributed by atoms with E-state index >= 15 is 4.39 Å². The Kier molecular flexibility index (Phi) is 8.75. The number of quaternary nitrogens is 1. The highest BCUT2D eigenvalue weighted by Gasteiger charge is 2.36. The lowest BCUT2D eigenvalue weighted by Gasteiger charge is -2.13. The number of carbonyl (C=O) groups is 2. The number of benzene rings is 2. The maximum atomic E-state index is 15.1. The van der Waals surface area contributed by atoms with Crippen LogP contribution in [0.25, 0.3) is 28.2 Å². The number of aromatic nitrogens is 2. The highest BCUT2D eigenvalue weighted by molar-refractivity contribution is 6.36. The fraction of sp³-hybridized carbons (Fsp3) is 0.276. The summed E-state index contributed by atoms with van der Waals surface area (Å²) < 4.78 is 21.8. The van der Waals surface area contributed by atoms with Crippen molar-refractivity contribution in [2.45, 2.75) is 52.8 Å². The number of carbonyl (C=O) groups excluding carboxylic acids is 2. The maximum Gasteiger partial charge on any atom is 0.268 e. The van der Waals surface area contributed by atoms with Crippen molar-refractivity contribution in [1.29, 1.82) is 0 Å². The van der Waals surface area contributed by atoms with Gasteiger partial charge in [0.25, 0.3) is 5.91 Å². The zero-order valence-corrected chi connectivity index (χ0v) is 24.1. The Balaban J connectivity index is 0.000000771. The molecule has 2 aromatic carbocycles. The first-order valence-corrected chi connectivity index (χ1v) is 12.8. The maximum absolute atomic E-state index is 15.1. The Hall–Kier alpha value is -3.46. The van der Waals surface area contributed by atoms with E-state index in [-0.39, 0.29) is 27.6 Å². The molecule has 0 aliphatic carbocycles. The van der Waals surface area contributed by atoms with E-state index in [0.717, 1.165) is 6.08 Å². The molecule has 0 amide bonds. The van der Waals surface area contributed by atoms with Crippen LogP contribution in [-0.2, 0) is 10.5 Å². The second-order valence-corrected chi connectivity index (χ2v) is 11.6. The molecule has 4 rings (SSSR count). The Morgan fingerprint density at radius 1 is 1.13 bits per heavy atom. The predicted octanol–water partition coefficient (Wildman–Crippen LogP) is 5.59. The van der Waals surface area contributed by atoms with E-state index < -0.39 is 17.5 Å². The summed E-state index contributed by atoms with van der Waals surface area (Å²) in [4.78, 5) is 24.7. The van der Waals surface area contributed by atoms with Crippen LogP contribution in [-0.4, -0.2) is 27.1 Å². The number of alkyl halides is 1.